The van der Waals surface area contributed by atoms with E-state index in [2.05, 4.69) is 37.3 Å². The molecule has 0 saturated carbocycles. The fraction of sp³-hybridized carbons (Fsp3) is 0.143. The number of phenolic OH excluding ortho intramolecular Hbond substituents is 1. The second-order valence-corrected chi connectivity index (χ2v) is 3.72. The summed E-state index contributed by atoms with van der Waals surface area (Å²) >= 11 is 0. The first kappa shape index (κ1) is 9.78. The smallest absolute Gasteiger partial charge is 0.119 e. The van der Waals surface area contributed by atoms with Gasteiger partial charge in [0, 0.05) is 6.42 Å². The van der Waals surface area contributed by atoms with Crippen molar-refractivity contribution in [1.29, 1.82) is 0 Å². The number of aromatic hydroxyl groups is 1. The predicted molar refractivity (Wildman–Crippen MR) is 60.9 cm³/mol. The first-order chi connectivity index (χ1) is 7.25. The lowest BCUT2D eigenvalue weighted by Crippen LogP contribution is -1.88. The highest BCUT2D eigenvalue weighted by Gasteiger charge is 2.00. The molecule has 0 aromatic heterocycles. The summed E-state index contributed by atoms with van der Waals surface area (Å²) in [5.41, 5.74) is 3.37. The largest absolute Gasteiger partial charge is 0.508 e. The second kappa shape index (κ2) is 4.18. The van der Waals surface area contributed by atoms with Crippen molar-refractivity contribution in [3.8, 4) is 5.75 Å². The summed E-state index contributed by atoms with van der Waals surface area (Å²) < 4.78 is 0. The molecule has 1 heteroatoms. The molecule has 0 amide bonds. The van der Waals surface area contributed by atoms with Gasteiger partial charge < -0.3 is 5.11 Å². The van der Waals surface area contributed by atoms with Crippen molar-refractivity contribution in [2.24, 2.45) is 0 Å². The third kappa shape index (κ3) is 2.38. The van der Waals surface area contributed by atoms with Gasteiger partial charge in [-0.25, -0.2) is 0 Å². The molecule has 0 spiro atoms. The summed E-state index contributed by atoms with van der Waals surface area (Å²) in [6, 6.07) is 16.5. The molecule has 0 aliphatic rings. The summed E-state index contributed by atoms with van der Waals surface area (Å²) in [6.45, 7) is 2.07. The van der Waals surface area contributed by atoms with Gasteiger partial charge in [0.25, 0.3) is 0 Å². The van der Waals surface area contributed by atoms with E-state index in [-0.39, 0.29) is 0 Å². The maximum absolute atomic E-state index is 9.61. The summed E-state index contributed by atoms with van der Waals surface area (Å²) in [5, 5.41) is 9.61. The highest BCUT2D eigenvalue weighted by atomic mass is 16.3. The van der Waals surface area contributed by atoms with E-state index in [1.807, 2.05) is 6.07 Å². The highest BCUT2D eigenvalue weighted by molar-refractivity contribution is 5.36. The predicted octanol–water partition coefficient (Wildman–Crippen LogP) is 3.09. The van der Waals surface area contributed by atoms with E-state index in [0.717, 1.165) is 12.0 Å². The molecule has 0 bridgehead atoms. The Labute approximate surface area is 90.0 Å². The fourth-order valence-corrected chi connectivity index (χ4v) is 1.52. The highest BCUT2D eigenvalue weighted by Crippen LogP contribution is 2.19. The van der Waals surface area contributed by atoms with Gasteiger partial charge in [0.1, 0.15) is 5.75 Å². The van der Waals surface area contributed by atoms with Gasteiger partial charge in [0.05, 0.1) is 0 Å². The lowest BCUT2D eigenvalue weighted by Gasteiger charge is -2.04. The molecule has 2 aromatic carbocycles. The molecule has 0 atom stereocenters. The zero-order chi connectivity index (χ0) is 10.7. The summed E-state index contributed by atoms with van der Waals surface area (Å²) in [6.07, 6.45) is 0.753. The minimum absolute atomic E-state index is 0.342. The molecule has 75 valence electrons. The topological polar surface area (TPSA) is 20.2 Å². The molecule has 2 aromatic rings. The monoisotopic (exact) mass is 197 g/mol. The molecule has 0 aliphatic carbocycles. The average molecular weight is 197 g/mol. The SMILES string of the molecule is Cc1ccc(Cc2c[c]ccc2O)cc1. The van der Waals surface area contributed by atoms with Crippen LogP contribution in [0.1, 0.15) is 16.7 Å². The number of benzene rings is 2. The van der Waals surface area contributed by atoms with Gasteiger partial charge in [0.2, 0.25) is 0 Å². The molecular weight excluding hydrogens is 184 g/mol. The van der Waals surface area contributed by atoms with Crippen molar-refractivity contribution in [1.82, 2.24) is 0 Å². The third-order valence-electron chi connectivity index (χ3n) is 2.44. The van der Waals surface area contributed by atoms with E-state index >= 15 is 0 Å². The minimum atomic E-state index is 0.342. The van der Waals surface area contributed by atoms with E-state index in [9.17, 15) is 5.11 Å². The number of phenols is 1. The molecule has 0 heterocycles. The van der Waals surface area contributed by atoms with Crippen molar-refractivity contribution >= 4 is 0 Å². The Morgan fingerprint density at radius 3 is 2.53 bits per heavy atom. The molecule has 0 unspecified atom stereocenters. The van der Waals surface area contributed by atoms with Crippen molar-refractivity contribution in [2.75, 3.05) is 0 Å². The number of aryl methyl sites for hydroxylation is 1. The van der Waals surface area contributed by atoms with E-state index in [4.69, 9.17) is 0 Å². The standard InChI is InChI=1S/C14H13O/c1-11-6-8-12(9-7-11)10-13-4-2-3-5-14(13)15/h3-9,15H,10H2,1H3. The van der Waals surface area contributed by atoms with E-state index < -0.39 is 0 Å². The van der Waals surface area contributed by atoms with Gasteiger partial charge in [-0.05, 0) is 36.2 Å². The normalized spacial score (nSPS) is 10.2. The minimum Gasteiger partial charge on any atom is -0.508 e. The Morgan fingerprint density at radius 1 is 1.13 bits per heavy atom. The first-order valence-electron chi connectivity index (χ1n) is 4.99. The van der Waals surface area contributed by atoms with Crippen LogP contribution in [0.4, 0.5) is 0 Å². The van der Waals surface area contributed by atoms with Gasteiger partial charge in [-0.2, -0.15) is 0 Å². The average Bonchev–Trinajstić information content (AvgIpc) is 2.25. The van der Waals surface area contributed by atoms with Crippen LogP contribution in [0.2, 0.25) is 0 Å². The molecular formula is C14H13O. The Kier molecular flexibility index (Phi) is 2.72. The maximum Gasteiger partial charge on any atom is 0.119 e. The lowest BCUT2D eigenvalue weighted by atomic mass is 10.0. The van der Waals surface area contributed by atoms with Crippen LogP contribution in [-0.4, -0.2) is 5.11 Å². The summed E-state index contributed by atoms with van der Waals surface area (Å²) in [7, 11) is 0. The zero-order valence-electron chi connectivity index (χ0n) is 8.70. The third-order valence-corrected chi connectivity index (χ3v) is 2.44. The Morgan fingerprint density at radius 2 is 1.87 bits per heavy atom. The van der Waals surface area contributed by atoms with Crippen molar-refractivity contribution in [2.45, 2.75) is 13.3 Å². The molecule has 0 aliphatic heterocycles. The van der Waals surface area contributed by atoms with Crippen LogP contribution in [0, 0.1) is 13.0 Å². The van der Waals surface area contributed by atoms with Crippen LogP contribution in [0.3, 0.4) is 0 Å². The van der Waals surface area contributed by atoms with Crippen LogP contribution in [-0.2, 0) is 6.42 Å². The molecule has 1 N–H and O–H groups in total. The Balaban J connectivity index is 2.22. The van der Waals surface area contributed by atoms with Gasteiger partial charge in [-0.1, -0.05) is 35.9 Å². The second-order valence-electron chi connectivity index (χ2n) is 3.72. The van der Waals surface area contributed by atoms with Crippen LogP contribution < -0.4 is 0 Å². The molecule has 2 rings (SSSR count). The van der Waals surface area contributed by atoms with Gasteiger partial charge in [0.15, 0.2) is 0 Å². The maximum atomic E-state index is 9.61. The molecule has 0 saturated heterocycles. The Hall–Kier alpha value is -1.76. The van der Waals surface area contributed by atoms with Crippen molar-refractivity contribution in [3.63, 3.8) is 0 Å². The molecule has 0 fully saturated rings. The fourth-order valence-electron chi connectivity index (χ4n) is 1.52. The van der Waals surface area contributed by atoms with Gasteiger partial charge in [-0.15, -0.1) is 0 Å². The van der Waals surface area contributed by atoms with Crippen LogP contribution in [0.5, 0.6) is 5.75 Å². The number of hydrogen-bond acceptors (Lipinski definition) is 1. The van der Waals surface area contributed by atoms with Crippen LogP contribution >= 0.6 is 0 Å². The van der Waals surface area contributed by atoms with E-state index in [0.29, 0.717) is 5.75 Å². The summed E-state index contributed by atoms with van der Waals surface area (Å²) in [4.78, 5) is 0. The first-order valence-corrected chi connectivity index (χ1v) is 4.99. The number of hydrogen-bond donors (Lipinski definition) is 1. The summed E-state index contributed by atoms with van der Waals surface area (Å²) in [5.74, 6) is 0.342. The van der Waals surface area contributed by atoms with Crippen molar-refractivity contribution in [3.05, 3.63) is 65.2 Å². The molecule has 1 radical (unpaired) electrons. The molecule has 15 heavy (non-hydrogen) atoms. The lowest BCUT2D eigenvalue weighted by molar-refractivity contribution is 0.469. The molecule has 1 nitrogen and oxygen atoms in total. The van der Waals surface area contributed by atoms with E-state index in [1.165, 1.54) is 11.1 Å². The zero-order valence-corrected chi connectivity index (χ0v) is 8.70. The van der Waals surface area contributed by atoms with Gasteiger partial charge in [-0.3, -0.25) is 0 Å². The van der Waals surface area contributed by atoms with E-state index in [1.54, 1.807) is 12.1 Å². The van der Waals surface area contributed by atoms with Crippen molar-refractivity contribution < 1.29 is 5.11 Å². The quantitative estimate of drug-likeness (QED) is 0.784. The number of rotatable bonds is 2. The van der Waals surface area contributed by atoms with Crippen LogP contribution in [0.25, 0.3) is 0 Å². The van der Waals surface area contributed by atoms with Crippen LogP contribution in [0.15, 0.2) is 42.5 Å². The Bertz CT molecular complexity index is 443. The van der Waals surface area contributed by atoms with Gasteiger partial charge >= 0.3 is 0 Å².